The quantitative estimate of drug-likeness (QED) is 0.519. The molecule has 26 heavy (non-hydrogen) atoms. The lowest BCUT2D eigenvalue weighted by molar-refractivity contribution is -0.382. The van der Waals surface area contributed by atoms with E-state index in [0.29, 0.717) is 11.2 Å². The number of nitro benzene ring substituents is 1. The molecular weight excluding hydrogens is 334 g/mol. The summed E-state index contributed by atoms with van der Waals surface area (Å²) in [6.45, 7) is 9.47. The normalized spacial score (nSPS) is 10.9. The second-order valence-corrected chi connectivity index (χ2v) is 6.13. The fraction of sp³-hybridized carbons (Fsp3) is 0.333. The van der Waals surface area contributed by atoms with Gasteiger partial charge in [0.2, 0.25) is 5.52 Å². The molecule has 0 amide bonds. The van der Waals surface area contributed by atoms with Crippen LogP contribution in [0.1, 0.15) is 25.0 Å². The Morgan fingerprint density at radius 2 is 1.81 bits per heavy atom. The highest BCUT2D eigenvalue weighted by molar-refractivity contribution is 6.00. The van der Waals surface area contributed by atoms with Gasteiger partial charge in [0.25, 0.3) is 0 Å². The number of anilines is 3. The van der Waals surface area contributed by atoms with Gasteiger partial charge in [0.1, 0.15) is 5.69 Å². The second-order valence-electron chi connectivity index (χ2n) is 6.13. The molecule has 3 rings (SSSR count). The highest BCUT2D eigenvalue weighted by Gasteiger charge is 2.27. The Balaban J connectivity index is 2.22. The lowest BCUT2D eigenvalue weighted by Crippen LogP contribution is -2.22. The van der Waals surface area contributed by atoms with E-state index in [4.69, 9.17) is 4.63 Å². The summed E-state index contributed by atoms with van der Waals surface area (Å²) in [5, 5.41) is 22.6. The van der Waals surface area contributed by atoms with Gasteiger partial charge in [-0.25, -0.2) is 4.63 Å². The number of aromatic nitrogens is 2. The summed E-state index contributed by atoms with van der Waals surface area (Å²) in [6, 6.07) is 7.64. The van der Waals surface area contributed by atoms with Crippen LogP contribution in [0, 0.1) is 24.0 Å². The first kappa shape index (κ1) is 17.7. The molecule has 0 saturated carbocycles. The first-order valence-electron chi connectivity index (χ1n) is 8.49. The minimum absolute atomic E-state index is 0.142. The summed E-state index contributed by atoms with van der Waals surface area (Å²) in [7, 11) is 0. The molecule has 8 heteroatoms. The van der Waals surface area contributed by atoms with Crippen molar-refractivity contribution in [1.29, 1.82) is 0 Å². The minimum atomic E-state index is -0.454. The molecule has 0 saturated heterocycles. The summed E-state index contributed by atoms with van der Waals surface area (Å²) >= 11 is 0. The fourth-order valence-electron chi connectivity index (χ4n) is 3.10. The third-order valence-corrected chi connectivity index (χ3v) is 4.43. The zero-order valence-corrected chi connectivity index (χ0v) is 15.2. The molecule has 8 nitrogen and oxygen atoms in total. The smallest absolute Gasteiger partial charge is 0.324 e. The van der Waals surface area contributed by atoms with Gasteiger partial charge in [0.15, 0.2) is 5.52 Å². The summed E-state index contributed by atoms with van der Waals surface area (Å²) in [5.74, 6) is 0. The predicted octanol–water partition coefficient (Wildman–Crippen LogP) is 4.34. The van der Waals surface area contributed by atoms with E-state index in [2.05, 4.69) is 20.5 Å². The van der Waals surface area contributed by atoms with E-state index >= 15 is 0 Å². The number of nitrogens with zero attached hydrogens (tertiary/aromatic N) is 4. The van der Waals surface area contributed by atoms with Gasteiger partial charge in [0.05, 0.1) is 10.6 Å². The topological polar surface area (TPSA) is 97.3 Å². The second kappa shape index (κ2) is 6.99. The van der Waals surface area contributed by atoms with E-state index < -0.39 is 4.92 Å². The van der Waals surface area contributed by atoms with Crippen molar-refractivity contribution in [3.05, 3.63) is 45.5 Å². The third kappa shape index (κ3) is 3.05. The van der Waals surface area contributed by atoms with Gasteiger partial charge in [-0.05, 0) is 55.7 Å². The summed E-state index contributed by atoms with van der Waals surface area (Å²) in [6.07, 6.45) is 0. The average molecular weight is 355 g/mol. The van der Waals surface area contributed by atoms with E-state index in [1.807, 2.05) is 45.9 Å². The first-order valence-corrected chi connectivity index (χ1v) is 8.49. The van der Waals surface area contributed by atoms with Crippen LogP contribution in [0.2, 0.25) is 0 Å². The number of hydrogen-bond donors (Lipinski definition) is 1. The predicted molar refractivity (Wildman–Crippen MR) is 101 cm³/mol. The summed E-state index contributed by atoms with van der Waals surface area (Å²) in [5.41, 5.74) is 4.45. The van der Waals surface area contributed by atoms with Crippen LogP contribution in [0.25, 0.3) is 11.0 Å². The van der Waals surface area contributed by atoms with Crippen LogP contribution in [-0.4, -0.2) is 28.3 Å². The molecule has 0 atom stereocenters. The van der Waals surface area contributed by atoms with Crippen LogP contribution in [0.3, 0.4) is 0 Å². The van der Waals surface area contributed by atoms with Crippen LogP contribution in [0.4, 0.5) is 22.7 Å². The molecule has 1 N–H and O–H groups in total. The molecule has 0 aliphatic heterocycles. The van der Waals surface area contributed by atoms with Crippen LogP contribution in [0.5, 0.6) is 0 Å². The van der Waals surface area contributed by atoms with E-state index in [9.17, 15) is 10.1 Å². The van der Waals surface area contributed by atoms with Crippen molar-refractivity contribution >= 4 is 33.8 Å². The number of fused-ring (bicyclic) bond motifs is 1. The standard InChI is InChI=1S/C18H21N5O3/c1-5-22(6-2)15-10-14(19-13-8-7-11(3)9-12(13)4)18(23(24)25)17-16(15)20-26-21-17/h7-10,19H,5-6H2,1-4H3. The molecule has 3 aromatic rings. The molecule has 0 spiro atoms. The average Bonchev–Trinajstić information content (AvgIpc) is 3.07. The Hall–Kier alpha value is -3.16. The molecule has 0 fully saturated rings. The van der Waals surface area contributed by atoms with Crippen LogP contribution in [-0.2, 0) is 0 Å². The molecule has 0 aliphatic rings. The van der Waals surface area contributed by atoms with Crippen LogP contribution >= 0.6 is 0 Å². The SMILES string of the molecule is CCN(CC)c1cc(Nc2ccc(C)cc2C)c([N+](=O)[O-])c2nonc12. The molecule has 0 bridgehead atoms. The zero-order chi connectivity index (χ0) is 18.8. The largest absolute Gasteiger partial charge is 0.370 e. The highest BCUT2D eigenvalue weighted by atomic mass is 16.6. The number of hydrogen-bond acceptors (Lipinski definition) is 7. The van der Waals surface area contributed by atoms with Gasteiger partial charge in [-0.3, -0.25) is 10.1 Å². The lowest BCUT2D eigenvalue weighted by atomic mass is 10.1. The maximum Gasteiger partial charge on any atom is 0.324 e. The Labute approximate surface area is 150 Å². The number of aryl methyl sites for hydroxylation is 2. The summed E-state index contributed by atoms with van der Waals surface area (Å²) < 4.78 is 4.82. The summed E-state index contributed by atoms with van der Waals surface area (Å²) in [4.78, 5) is 13.3. The van der Waals surface area contributed by atoms with E-state index in [1.165, 1.54) is 0 Å². The van der Waals surface area contributed by atoms with E-state index in [0.717, 1.165) is 35.6 Å². The molecule has 1 heterocycles. The third-order valence-electron chi connectivity index (χ3n) is 4.43. The minimum Gasteiger partial charge on any atom is -0.370 e. The molecule has 1 aromatic heterocycles. The van der Waals surface area contributed by atoms with Gasteiger partial charge in [-0.2, -0.15) is 0 Å². The number of nitrogens with one attached hydrogen (secondary N) is 1. The van der Waals surface area contributed by atoms with Crippen molar-refractivity contribution in [3.63, 3.8) is 0 Å². The number of rotatable bonds is 6. The van der Waals surface area contributed by atoms with Crippen molar-refractivity contribution in [2.45, 2.75) is 27.7 Å². The van der Waals surface area contributed by atoms with Gasteiger partial charge >= 0.3 is 5.69 Å². The van der Waals surface area contributed by atoms with Crippen LogP contribution in [0.15, 0.2) is 28.9 Å². The zero-order valence-electron chi connectivity index (χ0n) is 15.2. The molecular formula is C18H21N5O3. The van der Waals surface area contributed by atoms with Crippen molar-refractivity contribution in [1.82, 2.24) is 10.3 Å². The monoisotopic (exact) mass is 355 g/mol. The molecule has 0 radical (unpaired) electrons. The van der Waals surface area contributed by atoms with E-state index in [-0.39, 0.29) is 11.2 Å². The Morgan fingerprint density at radius 3 is 2.42 bits per heavy atom. The van der Waals surface area contributed by atoms with Crippen molar-refractivity contribution < 1.29 is 9.55 Å². The maximum absolute atomic E-state index is 11.7. The van der Waals surface area contributed by atoms with Gasteiger partial charge in [-0.15, -0.1) is 0 Å². The Bertz CT molecular complexity index is 963. The number of nitro groups is 1. The first-order chi connectivity index (χ1) is 12.5. The maximum atomic E-state index is 11.7. The molecule has 0 aliphatic carbocycles. The Morgan fingerprint density at radius 1 is 1.12 bits per heavy atom. The molecule has 136 valence electrons. The van der Waals surface area contributed by atoms with Crippen molar-refractivity contribution in [2.75, 3.05) is 23.3 Å². The fourth-order valence-corrected chi connectivity index (χ4v) is 3.10. The molecule has 0 unspecified atom stereocenters. The Kier molecular flexibility index (Phi) is 4.75. The molecule has 2 aromatic carbocycles. The van der Waals surface area contributed by atoms with E-state index in [1.54, 1.807) is 6.07 Å². The lowest BCUT2D eigenvalue weighted by Gasteiger charge is -2.22. The van der Waals surface area contributed by atoms with Gasteiger partial charge < -0.3 is 10.2 Å². The van der Waals surface area contributed by atoms with Crippen LogP contribution < -0.4 is 10.2 Å². The van der Waals surface area contributed by atoms with Crippen molar-refractivity contribution in [3.8, 4) is 0 Å². The number of benzene rings is 2. The van der Waals surface area contributed by atoms with Gasteiger partial charge in [0, 0.05) is 18.8 Å². The van der Waals surface area contributed by atoms with Gasteiger partial charge in [-0.1, -0.05) is 17.7 Å². The van der Waals surface area contributed by atoms with Crippen molar-refractivity contribution in [2.24, 2.45) is 0 Å². The highest BCUT2D eigenvalue weighted by Crippen LogP contribution is 2.40.